The summed E-state index contributed by atoms with van der Waals surface area (Å²) < 4.78 is 12.8. The van der Waals surface area contributed by atoms with Crippen molar-refractivity contribution >= 4 is 11.6 Å². The standard InChI is InChI=1S/C17H14FNO2/c18-15-10-8-14(9-11-15)17(21)19-16-7-2-1-5-13(16)6-3-4-12-20/h1-2,5,7-11,20H,4,12H2,(H,19,21). The van der Waals surface area contributed by atoms with Gasteiger partial charge in [-0.25, -0.2) is 4.39 Å². The fourth-order valence-corrected chi connectivity index (χ4v) is 1.71. The van der Waals surface area contributed by atoms with Crippen molar-refractivity contribution < 1.29 is 14.3 Å². The smallest absolute Gasteiger partial charge is 0.255 e. The Kier molecular flexibility index (Phi) is 5.08. The van der Waals surface area contributed by atoms with Gasteiger partial charge in [0.05, 0.1) is 12.3 Å². The van der Waals surface area contributed by atoms with Gasteiger partial charge in [-0.2, -0.15) is 0 Å². The number of carbonyl (C=O) groups excluding carboxylic acids is 1. The lowest BCUT2D eigenvalue weighted by molar-refractivity contribution is 0.102. The number of aliphatic hydroxyl groups is 1. The lowest BCUT2D eigenvalue weighted by atomic mass is 10.1. The number of benzene rings is 2. The number of hydrogen-bond donors (Lipinski definition) is 2. The van der Waals surface area contributed by atoms with Crippen LogP contribution in [0.5, 0.6) is 0 Å². The molecule has 0 aliphatic carbocycles. The van der Waals surface area contributed by atoms with Gasteiger partial charge in [0.25, 0.3) is 5.91 Å². The summed E-state index contributed by atoms with van der Waals surface area (Å²) in [5, 5.41) is 11.5. The van der Waals surface area contributed by atoms with Gasteiger partial charge >= 0.3 is 0 Å². The molecule has 0 saturated heterocycles. The van der Waals surface area contributed by atoms with Crippen LogP contribution >= 0.6 is 0 Å². The van der Waals surface area contributed by atoms with Gasteiger partial charge in [-0.15, -0.1) is 0 Å². The number of aliphatic hydroxyl groups excluding tert-OH is 1. The minimum absolute atomic E-state index is 0.00287. The predicted molar refractivity (Wildman–Crippen MR) is 79.4 cm³/mol. The number of anilines is 1. The van der Waals surface area contributed by atoms with Crippen molar-refractivity contribution in [3.63, 3.8) is 0 Å². The molecule has 0 radical (unpaired) electrons. The van der Waals surface area contributed by atoms with Crippen LogP contribution in [0, 0.1) is 17.7 Å². The SMILES string of the molecule is O=C(Nc1ccccc1C#CCCO)c1ccc(F)cc1. The Labute approximate surface area is 122 Å². The molecule has 0 heterocycles. The third-order valence-electron chi connectivity index (χ3n) is 2.74. The molecule has 2 rings (SSSR count). The summed E-state index contributed by atoms with van der Waals surface area (Å²) in [5.41, 5.74) is 1.62. The van der Waals surface area contributed by atoms with Crippen LogP contribution in [0.2, 0.25) is 0 Å². The predicted octanol–water partition coefficient (Wildman–Crippen LogP) is 2.81. The molecule has 0 unspecified atom stereocenters. The molecule has 0 fully saturated rings. The van der Waals surface area contributed by atoms with E-state index in [0.29, 0.717) is 23.2 Å². The van der Waals surface area contributed by atoms with Gasteiger partial charge in [0, 0.05) is 17.5 Å². The molecule has 0 bridgehead atoms. The molecule has 106 valence electrons. The van der Waals surface area contributed by atoms with E-state index < -0.39 is 0 Å². The van der Waals surface area contributed by atoms with Crippen molar-refractivity contribution in [3.05, 3.63) is 65.5 Å². The zero-order valence-corrected chi connectivity index (χ0v) is 11.3. The quantitative estimate of drug-likeness (QED) is 0.851. The number of carbonyl (C=O) groups is 1. The first-order valence-electron chi connectivity index (χ1n) is 6.46. The highest BCUT2D eigenvalue weighted by Gasteiger charge is 2.08. The number of halogens is 1. The summed E-state index contributed by atoms with van der Waals surface area (Å²) in [6.45, 7) is -0.00287. The van der Waals surface area contributed by atoms with E-state index in [9.17, 15) is 9.18 Å². The summed E-state index contributed by atoms with van der Waals surface area (Å²) in [6, 6.07) is 12.4. The maximum Gasteiger partial charge on any atom is 0.255 e. The van der Waals surface area contributed by atoms with Crippen LogP contribution in [0.1, 0.15) is 22.3 Å². The maximum absolute atomic E-state index is 12.8. The summed E-state index contributed by atoms with van der Waals surface area (Å²) in [7, 11) is 0. The number of nitrogens with one attached hydrogen (secondary N) is 1. The molecule has 0 aliphatic rings. The topological polar surface area (TPSA) is 49.3 Å². The second-order valence-electron chi connectivity index (χ2n) is 4.28. The number of hydrogen-bond acceptors (Lipinski definition) is 2. The number of amides is 1. The zero-order chi connectivity index (χ0) is 15.1. The molecule has 4 heteroatoms. The first-order valence-corrected chi connectivity index (χ1v) is 6.46. The maximum atomic E-state index is 12.8. The third kappa shape index (κ3) is 4.16. The van der Waals surface area contributed by atoms with Crippen LogP contribution in [-0.2, 0) is 0 Å². The molecule has 0 aromatic heterocycles. The van der Waals surface area contributed by atoms with Gasteiger partial charge in [-0.05, 0) is 36.4 Å². The van der Waals surface area contributed by atoms with E-state index in [1.807, 2.05) is 6.07 Å². The fourth-order valence-electron chi connectivity index (χ4n) is 1.71. The van der Waals surface area contributed by atoms with Crippen LogP contribution in [0.4, 0.5) is 10.1 Å². The average molecular weight is 283 g/mol. The van der Waals surface area contributed by atoms with Crippen LogP contribution < -0.4 is 5.32 Å². The summed E-state index contributed by atoms with van der Waals surface area (Å²) in [5.74, 6) is 4.99. The highest BCUT2D eigenvalue weighted by atomic mass is 19.1. The summed E-state index contributed by atoms with van der Waals surface area (Å²) >= 11 is 0. The van der Waals surface area contributed by atoms with Gasteiger partial charge in [0.1, 0.15) is 5.82 Å². The molecule has 21 heavy (non-hydrogen) atoms. The van der Waals surface area contributed by atoms with E-state index in [4.69, 9.17) is 5.11 Å². The normalized spacial score (nSPS) is 9.62. The van der Waals surface area contributed by atoms with Crippen molar-refractivity contribution in [2.45, 2.75) is 6.42 Å². The van der Waals surface area contributed by atoms with E-state index in [-0.39, 0.29) is 18.3 Å². The Hall–Kier alpha value is -2.64. The van der Waals surface area contributed by atoms with E-state index >= 15 is 0 Å². The Morgan fingerprint density at radius 1 is 1.14 bits per heavy atom. The first-order chi connectivity index (χ1) is 10.2. The van der Waals surface area contributed by atoms with Crippen molar-refractivity contribution in [2.75, 3.05) is 11.9 Å². The molecular weight excluding hydrogens is 269 g/mol. The van der Waals surface area contributed by atoms with Crippen molar-refractivity contribution in [1.29, 1.82) is 0 Å². The molecular formula is C17H14FNO2. The molecule has 0 atom stereocenters. The molecule has 0 aliphatic heterocycles. The lowest BCUT2D eigenvalue weighted by Gasteiger charge is -2.07. The molecule has 2 aromatic rings. The largest absolute Gasteiger partial charge is 0.395 e. The Bertz CT molecular complexity index is 684. The number of rotatable bonds is 3. The van der Waals surface area contributed by atoms with Gasteiger partial charge in [-0.1, -0.05) is 24.0 Å². The van der Waals surface area contributed by atoms with Gasteiger partial charge < -0.3 is 10.4 Å². The van der Waals surface area contributed by atoms with Crippen molar-refractivity contribution in [1.82, 2.24) is 0 Å². The average Bonchev–Trinajstić information content (AvgIpc) is 2.50. The highest BCUT2D eigenvalue weighted by Crippen LogP contribution is 2.15. The third-order valence-corrected chi connectivity index (χ3v) is 2.74. The Morgan fingerprint density at radius 3 is 2.57 bits per heavy atom. The molecule has 0 spiro atoms. The Morgan fingerprint density at radius 2 is 1.86 bits per heavy atom. The molecule has 2 aromatic carbocycles. The van der Waals surface area contributed by atoms with E-state index in [0.717, 1.165) is 0 Å². The van der Waals surface area contributed by atoms with E-state index in [1.54, 1.807) is 18.2 Å². The second kappa shape index (κ2) is 7.22. The lowest BCUT2D eigenvalue weighted by Crippen LogP contribution is -2.12. The van der Waals surface area contributed by atoms with Gasteiger partial charge in [0.15, 0.2) is 0 Å². The molecule has 3 nitrogen and oxygen atoms in total. The van der Waals surface area contributed by atoms with Crippen LogP contribution in [0.25, 0.3) is 0 Å². The summed E-state index contributed by atoms with van der Waals surface area (Å²) in [4.78, 5) is 12.1. The van der Waals surface area contributed by atoms with Gasteiger partial charge in [-0.3, -0.25) is 4.79 Å². The van der Waals surface area contributed by atoms with Crippen LogP contribution in [-0.4, -0.2) is 17.6 Å². The zero-order valence-electron chi connectivity index (χ0n) is 11.3. The van der Waals surface area contributed by atoms with E-state index in [1.165, 1.54) is 24.3 Å². The minimum Gasteiger partial charge on any atom is -0.395 e. The minimum atomic E-state index is -0.387. The Balaban J connectivity index is 2.18. The molecule has 0 saturated carbocycles. The van der Waals surface area contributed by atoms with E-state index in [2.05, 4.69) is 17.2 Å². The van der Waals surface area contributed by atoms with Crippen LogP contribution in [0.3, 0.4) is 0 Å². The van der Waals surface area contributed by atoms with Crippen LogP contribution in [0.15, 0.2) is 48.5 Å². The monoisotopic (exact) mass is 283 g/mol. The first kappa shape index (κ1) is 14.8. The molecule has 1 amide bonds. The second-order valence-corrected chi connectivity index (χ2v) is 4.28. The highest BCUT2D eigenvalue weighted by molar-refractivity contribution is 6.04. The fraction of sp³-hybridized carbons (Fsp3) is 0.118. The summed E-state index contributed by atoms with van der Waals surface area (Å²) in [6.07, 6.45) is 0.375. The van der Waals surface area contributed by atoms with Gasteiger partial charge in [0.2, 0.25) is 0 Å². The van der Waals surface area contributed by atoms with Crippen molar-refractivity contribution in [3.8, 4) is 11.8 Å². The number of para-hydroxylation sites is 1. The molecule has 2 N–H and O–H groups in total. The van der Waals surface area contributed by atoms with Crippen molar-refractivity contribution in [2.24, 2.45) is 0 Å².